The molecule has 0 unspecified atom stereocenters. The Balaban J connectivity index is 1.92. The summed E-state index contributed by atoms with van der Waals surface area (Å²) in [6.07, 6.45) is -2.89. The number of ether oxygens (including phenoxy) is 1. The van der Waals surface area contributed by atoms with E-state index in [4.69, 9.17) is 0 Å². The Labute approximate surface area is 164 Å². The van der Waals surface area contributed by atoms with E-state index >= 15 is 0 Å². The molecular weight excluding hydrogens is 389 g/mol. The molecule has 0 aliphatic carbocycles. The minimum absolute atomic E-state index is 0.145. The van der Waals surface area contributed by atoms with Crippen LogP contribution >= 0.6 is 11.5 Å². The molecule has 0 radical (unpaired) electrons. The number of hydrogen-bond acceptors (Lipinski definition) is 4. The van der Waals surface area contributed by atoms with Gasteiger partial charge in [-0.1, -0.05) is 55.2 Å². The lowest BCUT2D eigenvalue weighted by atomic mass is 10.1. The summed E-state index contributed by atoms with van der Waals surface area (Å²) < 4.78 is 42.5. The minimum atomic E-state index is -4.74. The normalized spacial score (nSPS) is 11.4. The molecule has 1 heterocycles. The molecular formula is C20H19F3N2O2S. The summed E-state index contributed by atoms with van der Waals surface area (Å²) in [6.45, 7) is 2.68. The van der Waals surface area contributed by atoms with Gasteiger partial charge in [0.15, 0.2) is 0 Å². The van der Waals surface area contributed by atoms with Gasteiger partial charge in [-0.3, -0.25) is 8.75 Å². The largest absolute Gasteiger partial charge is 0.573 e. The standard InChI is InChI=1S/C20H19F3N2O2S/c1-2-3-13-25-19(26)17(18(28-25)14-7-5-4-6-8-14)24-15-9-11-16(12-10-15)27-20(21,22)23/h4-12,24H,2-3,13H2,1H3. The molecule has 3 rings (SSSR count). The maximum atomic E-state index is 12.9. The molecule has 1 aromatic heterocycles. The fourth-order valence-electron chi connectivity index (χ4n) is 2.65. The number of aryl methyl sites for hydroxylation is 1. The van der Waals surface area contributed by atoms with Gasteiger partial charge in [0.1, 0.15) is 11.4 Å². The average Bonchev–Trinajstić information content (AvgIpc) is 2.97. The lowest BCUT2D eigenvalue weighted by molar-refractivity contribution is -0.274. The van der Waals surface area contributed by atoms with Crippen LogP contribution in [-0.2, 0) is 6.54 Å². The highest BCUT2D eigenvalue weighted by molar-refractivity contribution is 7.10. The molecule has 148 valence electrons. The van der Waals surface area contributed by atoms with E-state index in [1.54, 1.807) is 3.96 Å². The monoisotopic (exact) mass is 408 g/mol. The number of aromatic nitrogens is 1. The van der Waals surface area contributed by atoms with Gasteiger partial charge >= 0.3 is 6.36 Å². The predicted octanol–water partition coefficient (Wildman–Crippen LogP) is 6.02. The number of nitrogens with zero attached hydrogens (tertiary/aromatic N) is 1. The quantitative estimate of drug-likeness (QED) is 0.520. The third-order valence-corrected chi connectivity index (χ3v) is 5.17. The van der Waals surface area contributed by atoms with Gasteiger partial charge < -0.3 is 10.1 Å². The van der Waals surface area contributed by atoms with Crippen molar-refractivity contribution in [3.05, 3.63) is 65.0 Å². The van der Waals surface area contributed by atoms with Crippen LogP contribution in [-0.4, -0.2) is 10.3 Å². The van der Waals surface area contributed by atoms with Gasteiger partial charge in [-0.2, -0.15) is 0 Å². The summed E-state index contributed by atoms with van der Waals surface area (Å²) in [7, 11) is 0. The molecule has 0 saturated heterocycles. The third kappa shape index (κ3) is 4.95. The van der Waals surface area contributed by atoms with Gasteiger partial charge in [0.2, 0.25) is 0 Å². The SMILES string of the molecule is CCCCn1sc(-c2ccccc2)c(Nc2ccc(OC(F)(F)F)cc2)c1=O. The van der Waals surface area contributed by atoms with Crippen molar-refractivity contribution in [3.63, 3.8) is 0 Å². The second-order valence-corrected chi connectivity index (χ2v) is 7.15. The molecule has 0 aliphatic rings. The highest BCUT2D eigenvalue weighted by atomic mass is 32.1. The number of benzene rings is 2. The summed E-state index contributed by atoms with van der Waals surface area (Å²) >= 11 is 1.38. The van der Waals surface area contributed by atoms with Crippen molar-refractivity contribution in [2.45, 2.75) is 32.7 Å². The van der Waals surface area contributed by atoms with E-state index in [2.05, 4.69) is 17.0 Å². The van der Waals surface area contributed by atoms with Crippen LogP contribution in [0, 0.1) is 0 Å². The number of halogens is 3. The van der Waals surface area contributed by atoms with Gasteiger partial charge in [0.05, 0.1) is 4.88 Å². The van der Waals surface area contributed by atoms with Crippen molar-refractivity contribution >= 4 is 22.9 Å². The Hall–Kier alpha value is -2.74. The third-order valence-electron chi connectivity index (χ3n) is 3.98. The van der Waals surface area contributed by atoms with Crippen LogP contribution in [0.2, 0.25) is 0 Å². The smallest absolute Gasteiger partial charge is 0.406 e. The highest BCUT2D eigenvalue weighted by Crippen LogP contribution is 2.33. The van der Waals surface area contributed by atoms with Crippen LogP contribution in [0.4, 0.5) is 24.5 Å². The van der Waals surface area contributed by atoms with Crippen molar-refractivity contribution in [2.24, 2.45) is 0 Å². The van der Waals surface area contributed by atoms with Gasteiger partial charge in [0, 0.05) is 12.2 Å². The fraction of sp³-hybridized carbons (Fsp3) is 0.250. The molecule has 0 saturated carbocycles. The second-order valence-electron chi connectivity index (χ2n) is 6.12. The number of rotatable bonds is 7. The predicted molar refractivity (Wildman–Crippen MR) is 105 cm³/mol. The van der Waals surface area contributed by atoms with E-state index in [1.165, 1.54) is 35.8 Å². The topological polar surface area (TPSA) is 43.3 Å². The van der Waals surface area contributed by atoms with E-state index in [9.17, 15) is 18.0 Å². The molecule has 28 heavy (non-hydrogen) atoms. The maximum absolute atomic E-state index is 12.9. The molecule has 8 heteroatoms. The Bertz CT molecular complexity index is 964. The van der Waals surface area contributed by atoms with Gasteiger partial charge in [-0.15, -0.1) is 13.2 Å². The second kappa shape index (κ2) is 8.52. The minimum Gasteiger partial charge on any atom is -0.406 e. The lowest BCUT2D eigenvalue weighted by Gasteiger charge is -2.10. The van der Waals surface area contributed by atoms with Crippen molar-refractivity contribution < 1.29 is 17.9 Å². The van der Waals surface area contributed by atoms with E-state index in [-0.39, 0.29) is 11.3 Å². The molecule has 0 fully saturated rings. The molecule has 0 bridgehead atoms. The number of hydrogen-bond donors (Lipinski definition) is 1. The summed E-state index contributed by atoms with van der Waals surface area (Å²) in [4.78, 5) is 13.7. The summed E-state index contributed by atoms with van der Waals surface area (Å²) in [5.41, 5.74) is 1.67. The van der Waals surface area contributed by atoms with Crippen LogP contribution in [0.15, 0.2) is 59.4 Å². The zero-order chi connectivity index (χ0) is 20.1. The van der Waals surface area contributed by atoms with Crippen molar-refractivity contribution in [3.8, 4) is 16.2 Å². The zero-order valence-corrected chi connectivity index (χ0v) is 15.9. The number of nitrogens with one attached hydrogen (secondary N) is 1. The van der Waals surface area contributed by atoms with Crippen molar-refractivity contribution in [1.29, 1.82) is 0 Å². The van der Waals surface area contributed by atoms with Gasteiger partial charge in [0.25, 0.3) is 5.56 Å². The molecule has 1 N–H and O–H groups in total. The Morgan fingerprint density at radius 3 is 2.36 bits per heavy atom. The lowest BCUT2D eigenvalue weighted by Crippen LogP contribution is -2.17. The molecule has 3 aromatic rings. The first kappa shape index (κ1) is 20.0. The Morgan fingerprint density at radius 1 is 1.07 bits per heavy atom. The number of unbranched alkanes of at least 4 members (excludes halogenated alkanes) is 1. The van der Waals surface area contributed by atoms with Crippen LogP contribution in [0.5, 0.6) is 5.75 Å². The first-order chi connectivity index (χ1) is 13.4. The summed E-state index contributed by atoms with van der Waals surface area (Å²) in [5.74, 6) is -0.313. The van der Waals surface area contributed by atoms with E-state index < -0.39 is 6.36 Å². The first-order valence-corrected chi connectivity index (χ1v) is 9.57. The number of anilines is 2. The summed E-state index contributed by atoms with van der Waals surface area (Å²) in [5, 5.41) is 3.07. The molecule has 0 spiro atoms. The van der Waals surface area contributed by atoms with Crippen LogP contribution in [0.3, 0.4) is 0 Å². The van der Waals surface area contributed by atoms with Gasteiger partial charge in [-0.05, 0) is 36.2 Å². The van der Waals surface area contributed by atoms with Crippen molar-refractivity contribution in [2.75, 3.05) is 5.32 Å². The van der Waals surface area contributed by atoms with E-state index in [1.807, 2.05) is 30.3 Å². The first-order valence-electron chi connectivity index (χ1n) is 8.80. The highest BCUT2D eigenvalue weighted by Gasteiger charge is 2.31. The summed E-state index contributed by atoms with van der Waals surface area (Å²) in [6, 6.07) is 14.8. The maximum Gasteiger partial charge on any atom is 0.573 e. The molecule has 0 atom stereocenters. The van der Waals surface area contributed by atoms with Crippen molar-refractivity contribution in [1.82, 2.24) is 3.96 Å². The van der Waals surface area contributed by atoms with E-state index in [0.717, 1.165) is 23.3 Å². The molecule has 0 amide bonds. The Kier molecular flexibility index (Phi) is 6.08. The average molecular weight is 408 g/mol. The Morgan fingerprint density at radius 2 is 1.75 bits per heavy atom. The van der Waals surface area contributed by atoms with Crippen LogP contribution < -0.4 is 15.6 Å². The van der Waals surface area contributed by atoms with E-state index in [0.29, 0.717) is 17.9 Å². The van der Waals surface area contributed by atoms with Crippen LogP contribution in [0.1, 0.15) is 19.8 Å². The molecule has 2 aromatic carbocycles. The molecule has 0 aliphatic heterocycles. The molecule has 4 nitrogen and oxygen atoms in total. The zero-order valence-electron chi connectivity index (χ0n) is 15.1. The number of alkyl halides is 3. The van der Waals surface area contributed by atoms with Crippen LogP contribution in [0.25, 0.3) is 10.4 Å². The van der Waals surface area contributed by atoms with Gasteiger partial charge in [-0.25, -0.2) is 0 Å². The fourth-order valence-corrected chi connectivity index (χ4v) is 3.74.